The third-order valence-corrected chi connectivity index (χ3v) is 2.44. The van der Waals surface area contributed by atoms with Crippen LogP contribution in [0.25, 0.3) is 11.0 Å². The first-order valence-corrected chi connectivity index (χ1v) is 4.69. The van der Waals surface area contributed by atoms with Gasteiger partial charge in [-0.05, 0) is 25.1 Å². The average molecular weight is 215 g/mol. The largest absolute Gasteiger partial charge is 0.463 e. The minimum absolute atomic E-state index is 0.188. The standard InChI is InChI=1S/C12H9NO3/c1-7-9-5-8(6-13)3-4-10(9)16-11(7)12(14)15-2/h3-5H,1-2H3. The van der Waals surface area contributed by atoms with Crippen LogP contribution in [-0.2, 0) is 4.74 Å². The zero-order valence-corrected chi connectivity index (χ0v) is 8.90. The normalized spacial score (nSPS) is 10.1. The Labute approximate surface area is 92.0 Å². The molecule has 2 aromatic rings. The van der Waals surface area contributed by atoms with Gasteiger partial charge >= 0.3 is 5.97 Å². The first-order valence-electron chi connectivity index (χ1n) is 4.69. The number of furan rings is 1. The Morgan fingerprint density at radius 3 is 2.88 bits per heavy atom. The molecule has 0 spiro atoms. The first kappa shape index (κ1) is 10.2. The zero-order chi connectivity index (χ0) is 11.7. The van der Waals surface area contributed by atoms with Gasteiger partial charge in [0.15, 0.2) is 0 Å². The summed E-state index contributed by atoms with van der Waals surface area (Å²) in [5, 5.41) is 9.54. The summed E-state index contributed by atoms with van der Waals surface area (Å²) in [6.45, 7) is 1.76. The van der Waals surface area contributed by atoms with Crippen molar-refractivity contribution in [2.45, 2.75) is 6.92 Å². The molecule has 1 heterocycles. The molecule has 0 saturated heterocycles. The van der Waals surface area contributed by atoms with Crippen LogP contribution < -0.4 is 0 Å². The van der Waals surface area contributed by atoms with E-state index in [1.807, 2.05) is 6.07 Å². The van der Waals surface area contributed by atoms with Gasteiger partial charge in [-0.2, -0.15) is 5.26 Å². The molecule has 0 N–H and O–H groups in total. The molecule has 0 radical (unpaired) electrons. The average Bonchev–Trinajstić information content (AvgIpc) is 2.65. The van der Waals surface area contributed by atoms with Crippen LogP contribution in [0.3, 0.4) is 0 Å². The molecule has 1 aromatic heterocycles. The van der Waals surface area contributed by atoms with Gasteiger partial charge in [-0.1, -0.05) is 0 Å². The van der Waals surface area contributed by atoms with E-state index in [1.165, 1.54) is 7.11 Å². The second-order valence-electron chi connectivity index (χ2n) is 3.37. The smallest absolute Gasteiger partial charge is 0.374 e. The molecule has 0 aliphatic rings. The summed E-state index contributed by atoms with van der Waals surface area (Å²) in [7, 11) is 1.30. The fourth-order valence-corrected chi connectivity index (χ4v) is 1.58. The third kappa shape index (κ3) is 1.43. The van der Waals surface area contributed by atoms with Crippen molar-refractivity contribution in [3.8, 4) is 6.07 Å². The first-order chi connectivity index (χ1) is 7.67. The molecule has 0 fully saturated rings. The fourth-order valence-electron chi connectivity index (χ4n) is 1.58. The van der Waals surface area contributed by atoms with Crippen LogP contribution in [0.1, 0.15) is 21.7 Å². The van der Waals surface area contributed by atoms with E-state index < -0.39 is 5.97 Å². The molecule has 0 unspecified atom stereocenters. The van der Waals surface area contributed by atoms with Gasteiger partial charge in [0.25, 0.3) is 0 Å². The van der Waals surface area contributed by atoms with E-state index in [0.717, 1.165) is 5.39 Å². The Morgan fingerprint density at radius 2 is 2.25 bits per heavy atom. The van der Waals surface area contributed by atoms with Crippen molar-refractivity contribution in [2.75, 3.05) is 7.11 Å². The molecule has 2 rings (SSSR count). The second-order valence-corrected chi connectivity index (χ2v) is 3.37. The number of hydrogen-bond donors (Lipinski definition) is 0. The van der Waals surface area contributed by atoms with Crippen LogP contribution >= 0.6 is 0 Å². The highest BCUT2D eigenvalue weighted by atomic mass is 16.5. The quantitative estimate of drug-likeness (QED) is 0.685. The van der Waals surface area contributed by atoms with E-state index in [-0.39, 0.29) is 5.76 Å². The van der Waals surface area contributed by atoms with E-state index in [9.17, 15) is 4.79 Å². The number of carbonyl (C=O) groups is 1. The van der Waals surface area contributed by atoms with Crippen molar-refractivity contribution in [1.82, 2.24) is 0 Å². The summed E-state index contributed by atoms with van der Waals surface area (Å²) in [4.78, 5) is 11.4. The number of rotatable bonds is 1. The number of ether oxygens (including phenoxy) is 1. The molecule has 0 atom stereocenters. The van der Waals surface area contributed by atoms with Gasteiger partial charge in [0.1, 0.15) is 5.58 Å². The number of esters is 1. The number of hydrogen-bond acceptors (Lipinski definition) is 4. The molecule has 0 aliphatic carbocycles. The summed E-state index contributed by atoms with van der Waals surface area (Å²) in [6.07, 6.45) is 0. The molecule has 4 nitrogen and oxygen atoms in total. The fraction of sp³-hybridized carbons (Fsp3) is 0.167. The van der Waals surface area contributed by atoms with E-state index in [1.54, 1.807) is 25.1 Å². The lowest BCUT2D eigenvalue weighted by molar-refractivity contribution is 0.0566. The maximum absolute atomic E-state index is 11.4. The van der Waals surface area contributed by atoms with Gasteiger partial charge in [0.2, 0.25) is 5.76 Å². The topological polar surface area (TPSA) is 63.2 Å². The van der Waals surface area contributed by atoms with Gasteiger partial charge in [-0.15, -0.1) is 0 Å². The van der Waals surface area contributed by atoms with Gasteiger partial charge in [0, 0.05) is 10.9 Å². The Hall–Kier alpha value is -2.28. The van der Waals surface area contributed by atoms with Crippen molar-refractivity contribution in [1.29, 1.82) is 5.26 Å². The summed E-state index contributed by atoms with van der Waals surface area (Å²) in [5.74, 6) is -0.320. The van der Waals surface area contributed by atoms with Crippen molar-refractivity contribution >= 4 is 16.9 Å². The highest BCUT2D eigenvalue weighted by Gasteiger charge is 2.17. The lowest BCUT2D eigenvalue weighted by Crippen LogP contribution is -2.00. The Balaban J connectivity index is 2.70. The number of benzene rings is 1. The van der Waals surface area contributed by atoms with Gasteiger partial charge in [-0.3, -0.25) is 0 Å². The molecule has 0 bridgehead atoms. The van der Waals surface area contributed by atoms with E-state index in [4.69, 9.17) is 9.68 Å². The summed E-state index contributed by atoms with van der Waals surface area (Å²) in [5.41, 5.74) is 1.81. The number of nitrogens with zero attached hydrogens (tertiary/aromatic N) is 1. The predicted molar refractivity (Wildman–Crippen MR) is 57.0 cm³/mol. The summed E-state index contributed by atoms with van der Waals surface area (Å²) in [6, 6.07) is 7.06. The van der Waals surface area contributed by atoms with E-state index in [0.29, 0.717) is 16.7 Å². The third-order valence-electron chi connectivity index (χ3n) is 2.44. The highest BCUT2D eigenvalue weighted by Crippen LogP contribution is 2.26. The van der Waals surface area contributed by atoms with Crippen LogP contribution in [0.5, 0.6) is 0 Å². The van der Waals surface area contributed by atoms with Gasteiger partial charge in [-0.25, -0.2) is 4.79 Å². The second kappa shape index (κ2) is 3.70. The van der Waals surface area contributed by atoms with Gasteiger partial charge < -0.3 is 9.15 Å². The maximum atomic E-state index is 11.4. The number of carbonyl (C=O) groups excluding carboxylic acids is 1. The van der Waals surface area contributed by atoms with Crippen molar-refractivity contribution in [3.63, 3.8) is 0 Å². The minimum atomic E-state index is -0.507. The predicted octanol–water partition coefficient (Wildman–Crippen LogP) is 2.40. The monoisotopic (exact) mass is 215 g/mol. The maximum Gasteiger partial charge on any atom is 0.374 e. The molecule has 0 amide bonds. The van der Waals surface area contributed by atoms with Crippen molar-refractivity contribution in [3.05, 3.63) is 35.1 Å². The van der Waals surface area contributed by atoms with Crippen LogP contribution in [0, 0.1) is 18.3 Å². The van der Waals surface area contributed by atoms with Crippen LogP contribution in [0.4, 0.5) is 0 Å². The Kier molecular flexibility index (Phi) is 2.37. The minimum Gasteiger partial charge on any atom is -0.463 e. The Morgan fingerprint density at radius 1 is 1.50 bits per heavy atom. The number of methoxy groups -OCH3 is 1. The summed E-state index contributed by atoms with van der Waals surface area (Å²) < 4.78 is 9.97. The molecule has 80 valence electrons. The van der Waals surface area contributed by atoms with Crippen LogP contribution in [-0.4, -0.2) is 13.1 Å². The van der Waals surface area contributed by atoms with Crippen LogP contribution in [0.15, 0.2) is 22.6 Å². The molecule has 16 heavy (non-hydrogen) atoms. The Bertz CT molecular complexity index is 604. The van der Waals surface area contributed by atoms with Crippen LogP contribution in [0.2, 0.25) is 0 Å². The lowest BCUT2D eigenvalue weighted by atomic mass is 10.1. The number of nitriles is 1. The number of aryl methyl sites for hydroxylation is 1. The molecular weight excluding hydrogens is 206 g/mol. The zero-order valence-electron chi connectivity index (χ0n) is 8.90. The summed E-state index contributed by atoms with van der Waals surface area (Å²) >= 11 is 0. The molecular formula is C12H9NO3. The highest BCUT2D eigenvalue weighted by molar-refractivity contribution is 5.96. The SMILES string of the molecule is COC(=O)c1oc2ccc(C#N)cc2c1C. The molecule has 0 aliphatic heterocycles. The molecule has 0 saturated carbocycles. The molecule has 4 heteroatoms. The number of fused-ring (bicyclic) bond motifs is 1. The van der Waals surface area contributed by atoms with E-state index >= 15 is 0 Å². The van der Waals surface area contributed by atoms with Crippen molar-refractivity contribution in [2.24, 2.45) is 0 Å². The van der Waals surface area contributed by atoms with Gasteiger partial charge in [0.05, 0.1) is 18.7 Å². The van der Waals surface area contributed by atoms with Crippen molar-refractivity contribution < 1.29 is 13.9 Å². The molecule has 1 aromatic carbocycles. The van der Waals surface area contributed by atoms with E-state index in [2.05, 4.69) is 4.74 Å². The lowest BCUT2D eigenvalue weighted by Gasteiger charge is -1.94.